The predicted octanol–water partition coefficient (Wildman–Crippen LogP) is -1.85. The number of carbonyl (C=O) groups excluding carboxylic acids is 2. The van der Waals surface area contributed by atoms with E-state index in [4.69, 9.17) is 22.9 Å². The fourth-order valence-corrected chi connectivity index (χ4v) is 1.53. The van der Waals surface area contributed by atoms with Gasteiger partial charge in [-0.1, -0.05) is 6.42 Å². The molecule has 0 rings (SSSR count). The maximum absolute atomic E-state index is 11.7. The molecule has 0 fully saturated rings. The Morgan fingerprint density at radius 1 is 1.00 bits per heavy atom. The second kappa shape index (κ2) is 9.81. The number of unbranched alkanes of at least 4 members (excludes halogenated alkanes) is 1. The van der Waals surface area contributed by atoms with Crippen LogP contribution in [0.5, 0.6) is 0 Å². The van der Waals surface area contributed by atoms with E-state index in [1.807, 2.05) is 0 Å². The van der Waals surface area contributed by atoms with Crippen molar-refractivity contribution in [3.63, 3.8) is 0 Å². The van der Waals surface area contributed by atoms with Crippen molar-refractivity contribution in [2.24, 2.45) is 22.9 Å². The Hall–Kier alpha value is -1.18. The van der Waals surface area contributed by atoms with E-state index in [9.17, 15) is 9.59 Å². The summed E-state index contributed by atoms with van der Waals surface area (Å²) in [7, 11) is 0. The maximum atomic E-state index is 11.7. The van der Waals surface area contributed by atoms with E-state index >= 15 is 0 Å². The Kier molecular flexibility index (Phi) is 9.17. The van der Waals surface area contributed by atoms with Crippen LogP contribution in [0, 0.1) is 0 Å². The Morgan fingerprint density at radius 3 is 2.11 bits per heavy atom. The Bertz CT molecular complexity index is 260. The number of hydrogen-bond donors (Lipinski definition) is 5. The van der Waals surface area contributed by atoms with Gasteiger partial charge in [-0.25, -0.2) is 0 Å². The Morgan fingerprint density at radius 2 is 1.61 bits per heavy atom. The number of carbonyl (C=O) groups is 2. The lowest BCUT2D eigenvalue weighted by atomic mass is 10.1. The first-order chi connectivity index (χ1) is 8.52. The zero-order chi connectivity index (χ0) is 14.0. The molecule has 0 bridgehead atoms. The third kappa shape index (κ3) is 7.21. The molecule has 106 valence electrons. The molecule has 0 aliphatic heterocycles. The van der Waals surface area contributed by atoms with Crippen LogP contribution in [0.2, 0.25) is 0 Å². The van der Waals surface area contributed by atoms with Crippen molar-refractivity contribution in [3.8, 4) is 0 Å². The lowest BCUT2D eigenvalue weighted by Crippen LogP contribution is -2.50. The Labute approximate surface area is 108 Å². The van der Waals surface area contributed by atoms with Crippen LogP contribution in [0.25, 0.3) is 0 Å². The van der Waals surface area contributed by atoms with Crippen molar-refractivity contribution >= 4 is 11.8 Å². The third-order valence-corrected chi connectivity index (χ3v) is 2.66. The van der Waals surface area contributed by atoms with Gasteiger partial charge in [-0.05, 0) is 38.8 Å². The number of amides is 2. The molecule has 0 aromatic heterocycles. The minimum atomic E-state index is -0.693. The third-order valence-electron chi connectivity index (χ3n) is 2.66. The molecule has 0 aliphatic rings. The summed E-state index contributed by atoms with van der Waals surface area (Å²) in [5.74, 6) is -0.918. The van der Waals surface area contributed by atoms with Gasteiger partial charge in [-0.3, -0.25) is 9.59 Å². The second-order valence-corrected chi connectivity index (χ2v) is 4.29. The zero-order valence-electron chi connectivity index (χ0n) is 10.7. The van der Waals surface area contributed by atoms with Crippen LogP contribution >= 0.6 is 0 Å². The molecule has 9 N–H and O–H groups in total. The average molecular weight is 259 g/mol. The first-order valence-corrected chi connectivity index (χ1v) is 6.28. The number of nitrogens with two attached hydrogens (primary N) is 4. The summed E-state index contributed by atoms with van der Waals surface area (Å²) in [4.78, 5) is 22.8. The first kappa shape index (κ1) is 16.8. The number of rotatable bonds is 10. The van der Waals surface area contributed by atoms with E-state index in [1.54, 1.807) is 0 Å². The quantitative estimate of drug-likeness (QED) is 0.292. The standard InChI is InChI=1S/C11H25N5O2/c12-6-2-1-4-8(14)11(18)16-9(10(15)17)5-3-7-13/h8-9H,1-7,12-14H2,(H2,15,17)(H,16,18)/t8-,9+/m0/s1. The predicted molar refractivity (Wildman–Crippen MR) is 70.3 cm³/mol. The van der Waals surface area contributed by atoms with E-state index in [-0.39, 0.29) is 5.91 Å². The molecule has 0 aromatic carbocycles. The first-order valence-electron chi connectivity index (χ1n) is 6.28. The summed E-state index contributed by atoms with van der Waals surface area (Å²) in [6.45, 7) is 1.02. The smallest absolute Gasteiger partial charge is 0.240 e. The SMILES string of the molecule is NCCCC[C@H](N)C(=O)N[C@H](CCCN)C(N)=O. The van der Waals surface area contributed by atoms with Crippen molar-refractivity contribution in [1.82, 2.24) is 5.32 Å². The lowest BCUT2D eigenvalue weighted by Gasteiger charge is -2.18. The molecule has 0 saturated carbocycles. The van der Waals surface area contributed by atoms with Crippen LogP contribution in [-0.2, 0) is 9.59 Å². The van der Waals surface area contributed by atoms with Crippen LogP contribution in [-0.4, -0.2) is 37.0 Å². The van der Waals surface area contributed by atoms with Crippen LogP contribution in [0.3, 0.4) is 0 Å². The highest BCUT2D eigenvalue weighted by Gasteiger charge is 2.20. The summed E-state index contributed by atoms with van der Waals surface area (Å²) in [6.07, 6.45) is 3.22. The summed E-state index contributed by atoms with van der Waals surface area (Å²) in [6, 6.07) is -1.32. The van der Waals surface area contributed by atoms with Gasteiger partial charge < -0.3 is 28.3 Å². The van der Waals surface area contributed by atoms with Crippen LogP contribution in [0.15, 0.2) is 0 Å². The van der Waals surface area contributed by atoms with Crippen LogP contribution in [0.1, 0.15) is 32.1 Å². The van der Waals surface area contributed by atoms with Gasteiger partial charge >= 0.3 is 0 Å². The molecule has 7 nitrogen and oxygen atoms in total. The normalized spacial score (nSPS) is 13.9. The van der Waals surface area contributed by atoms with Crippen LogP contribution in [0.4, 0.5) is 0 Å². The highest BCUT2D eigenvalue weighted by Crippen LogP contribution is 2.01. The Balaban J connectivity index is 4.10. The summed E-state index contributed by atoms with van der Waals surface area (Å²) < 4.78 is 0. The van der Waals surface area contributed by atoms with E-state index in [0.717, 1.165) is 12.8 Å². The van der Waals surface area contributed by atoms with Gasteiger partial charge in [0.15, 0.2) is 0 Å². The van der Waals surface area contributed by atoms with E-state index in [1.165, 1.54) is 0 Å². The van der Waals surface area contributed by atoms with Crippen molar-refractivity contribution in [2.75, 3.05) is 13.1 Å². The van der Waals surface area contributed by atoms with Gasteiger partial charge in [0, 0.05) is 0 Å². The number of primary amides is 1. The topological polar surface area (TPSA) is 150 Å². The molecule has 0 aliphatic carbocycles. The average Bonchev–Trinajstić information content (AvgIpc) is 2.33. The van der Waals surface area contributed by atoms with Crippen molar-refractivity contribution in [3.05, 3.63) is 0 Å². The molecule has 0 unspecified atom stereocenters. The van der Waals surface area contributed by atoms with Crippen molar-refractivity contribution in [2.45, 2.75) is 44.2 Å². The monoisotopic (exact) mass is 259 g/mol. The molecule has 18 heavy (non-hydrogen) atoms. The summed E-state index contributed by atoms with van der Waals surface area (Å²) >= 11 is 0. The lowest BCUT2D eigenvalue weighted by molar-refractivity contribution is -0.128. The summed E-state index contributed by atoms with van der Waals surface area (Å²) in [5, 5.41) is 2.55. The molecule has 0 saturated heterocycles. The van der Waals surface area contributed by atoms with E-state index in [2.05, 4.69) is 5.32 Å². The molecular weight excluding hydrogens is 234 g/mol. The van der Waals surface area contributed by atoms with Gasteiger partial charge in [0.1, 0.15) is 6.04 Å². The fourth-order valence-electron chi connectivity index (χ4n) is 1.53. The molecule has 7 heteroatoms. The molecule has 2 atom stereocenters. The zero-order valence-corrected chi connectivity index (χ0v) is 10.7. The minimum absolute atomic E-state index is 0.354. The molecule has 0 radical (unpaired) electrons. The highest BCUT2D eigenvalue weighted by atomic mass is 16.2. The maximum Gasteiger partial charge on any atom is 0.240 e. The highest BCUT2D eigenvalue weighted by molar-refractivity contribution is 5.88. The molecular formula is C11H25N5O2. The van der Waals surface area contributed by atoms with E-state index < -0.39 is 18.0 Å². The number of nitrogens with one attached hydrogen (secondary N) is 1. The summed E-state index contributed by atoms with van der Waals surface area (Å²) in [5.41, 5.74) is 21.6. The van der Waals surface area contributed by atoms with Crippen LogP contribution < -0.4 is 28.3 Å². The largest absolute Gasteiger partial charge is 0.368 e. The molecule has 0 aromatic rings. The number of hydrogen-bond acceptors (Lipinski definition) is 5. The van der Waals surface area contributed by atoms with Crippen molar-refractivity contribution < 1.29 is 9.59 Å². The molecule has 0 spiro atoms. The van der Waals surface area contributed by atoms with Gasteiger partial charge in [-0.2, -0.15) is 0 Å². The fraction of sp³-hybridized carbons (Fsp3) is 0.818. The van der Waals surface area contributed by atoms with Gasteiger partial charge in [-0.15, -0.1) is 0 Å². The van der Waals surface area contributed by atoms with E-state index in [0.29, 0.717) is 32.4 Å². The van der Waals surface area contributed by atoms with Gasteiger partial charge in [0.2, 0.25) is 11.8 Å². The van der Waals surface area contributed by atoms with Gasteiger partial charge in [0.05, 0.1) is 6.04 Å². The van der Waals surface area contributed by atoms with Crippen molar-refractivity contribution in [1.29, 1.82) is 0 Å². The second-order valence-electron chi connectivity index (χ2n) is 4.29. The molecule has 0 heterocycles. The molecule has 2 amide bonds. The van der Waals surface area contributed by atoms with Gasteiger partial charge in [0.25, 0.3) is 0 Å². The minimum Gasteiger partial charge on any atom is -0.368 e.